The number of rotatable bonds is 6. The van der Waals surface area contributed by atoms with Crippen LogP contribution in [0.4, 0.5) is 0 Å². The second kappa shape index (κ2) is 5.83. The predicted octanol–water partition coefficient (Wildman–Crippen LogP) is 2.10. The van der Waals surface area contributed by atoms with Crippen molar-refractivity contribution in [2.24, 2.45) is 0 Å². The van der Waals surface area contributed by atoms with E-state index < -0.39 is 0 Å². The van der Waals surface area contributed by atoms with E-state index in [2.05, 4.69) is 12.2 Å². The highest BCUT2D eigenvalue weighted by Gasteiger charge is 2.05. The maximum atomic E-state index is 5.45. The van der Waals surface area contributed by atoms with Gasteiger partial charge in [-0.05, 0) is 25.5 Å². The molecule has 1 heterocycles. The first-order chi connectivity index (χ1) is 6.76. The van der Waals surface area contributed by atoms with E-state index >= 15 is 0 Å². The fraction of sp³-hybridized carbons (Fsp3) is 0.636. The van der Waals surface area contributed by atoms with Gasteiger partial charge in [-0.25, -0.2) is 0 Å². The molecular weight excluding hydrogens is 178 g/mol. The van der Waals surface area contributed by atoms with E-state index in [0.29, 0.717) is 6.04 Å². The molecule has 0 saturated carbocycles. The van der Waals surface area contributed by atoms with Crippen LogP contribution in [0.15, 0.2) is 16.5 Å². The molecule has 1 aromatic heterocycles. The second-order valence-electron chi connectivity index (χ2n) is 3.45. The topological polar surface area (TPSA) is 34.4 Å². The molecular formula is C11H19NO2. The van der Waals surface area contributed by atoms with Crippen molar-refractivity contribution in [3.63, 3.8) is 0 Å². The molecule has 0 aliphatic carbocycles. The van der Waals surface area contributed by atoms with E-state index in [1.54, 1.807) is 7.11 Å². The van der Waals surface area contributed by atoms with Gasteiger partial charge in [0.05, 0.1) is 13.2 Å². The Morgan fingerprint density at radius 2 is 2.29 bits per heavy atom. The van der Waals surface area contributed by atoms with E-state index in [9.17, 15) is 0 Å². The fourth-order valence-corrected chi connectivity index (χ4v) is 1.35. The summed E-state index contributed by atoms with van der Waals surface area (Å²) in [7, 11) is 1.72. The second-order valence-corrected chi connectivity index (χ2v) is 3.45. The average molecular weight is 197 g/mol. The number of hydrogen-bond acceptors (Lipinski definition) is 3. The van der Waals surface area contributed by atoms with Crippen LogP contribution >= 0.6 is 0 Å². The first kappa shape index (κ1) is 11.3. The summed E-state index contributed by atoms with van der Waals surface area (Å²) >= 11 is 0. The molecule has 0 bridgehead atoms. The van der Waals surface area contributed by atoms with Crippen LogP contribution in [0.3, 0.4) is 0 Å². The van der Waals surface area contributed by atoms with Crippen molar-refractivity contribution in [3.8, 4) is 0 Å². The average Bonchev–Trinajstić information content (AvgIpc) is 2.59. The SMILES string of the molecule is CCC(COC)NCc1ccc(C)o1. The van der Waals surface area contributed by atoms with Crippen molar-refractivity contribution in [3.05, 3.63) is 23.7 Å². The Labute approximate surface area is 85.4 Å². The van der Waals surface area contributed by atoms with Crippen LogP contribution in [0.2, 0.25) is 0 Å². The molecule has 0 aliphatic heterocycles. The molecule has 3 nitrogen and oxygen atoms in total. The number of ether oxygens (including phenoxy) is 1. The van der Waals surface area contributed by atoms with E-state index in [4.69, 9.17) is 9.15 Å². The molecule has 0 aromatic carbocycles. The zero-order chi connectivity index (χ0) is 10.4. The lowest BCUT2D eigenvalue weighted by Crippen LogP contribution is -2.31. The van der Waals surface area contributed by atoms with Crippen molar-refractivity contribution in [2.45, 2.75) is 32.9 Å². The van der Waals surface area contributed by atoms with Crippen molar-refractivity contribution in [1.82, 2.24) is 5.32 Å². The maximum absolute atomic E-state index is 5.45. The van der Waals surface area contributed by atoms with Crippen LogP contribution in [-0.2, 0) is 11.3 Å². The number of aryl methyl sites for hydroxylation is 1. The largest absolute Gasteiger partial charge is 0.465 e. The lowest BCUT2D eigenvalue weighted by molar-refractivity contribution is 0.162. The van der Waals surface area contributed by atoms with Crippen LogP contribution in [0.25, 0.3) is 0 Å². The van der Waals surface area contributed by atoms with Crippen LogP contribution in [0, 0.1) is 6.92 Å². The van der Waals surface area contributed by atoms with Crippen molar-refractivity contribution >= 4 is 0 Å². The van der Waals surface area contributed by atoms with Crippen LogP contribution in [0.1, 0.15) is 24.9 Å². The van der Waals surface area contributed by atoms with Gasteiger partial charge in [-0.15, -0.1) is 0 Å². The zero-order valence-corrected chi connectivity index (χ0v) is 9.17. The molecule has 1 aromatic rings. The van der Waals surface area contributed by atoms with E-state index in [1.165, 1.54) is 0 Å². The van der Waals surface area contributed by atoms with Gasteiger partial charge in [0.25, 0.3) is 0 Å². The van der Waals surface area contributed by atoms with Gasteiger partial charge in [-0.2, -0.15) is 0 Å². The Morgan fingerprint density at radius 3 is 2.79 bits per heavy atom. The molecule has 80 valence electrons. The fourth-order valence-electron chi connectivity index (χ4n) is 1.35. The summed E-state index contributed by atoms with van der Waals surface area (Å²) in [6.45, 7) is 5.62. The third-order valence-corrected chi connectivity index (χ3v) is 2.22. The van der Waals surface area contributed by atoms with E-state index in [0.717, 1.165) is 31.1 Å². The molecule has 3 heteroatoms. The highest BCUT2D eigenvalue weighted by atomic mass is 16.5. The standard InChI is InChI=1S/C11H19NO2/c1-4-10(8-13-3)12-7-11-6-5-9(2)14-11/h5-6,10,12H,4,7-8H2,1-3H3. The van der Waals surface area contributed by atoms with Gasteiger partial charge in [0.2, 0.25) is 0 Å². The van der Waals surface area contributed by atoms with Gasteiger partial charge in [-0.3, -0.25) is 0 Å². The molecule has 14 heavy (non-hydrogen) atoms. The van der Waals surface area contributed by atoms with Crippen LogP contribution < -0.4 is 5.32 Å². The molecule has 0 saturated heterocycles. The summed E-state index contributed by atoms with van der Waals surface area (Å²) in [6, 6.07) is 4.39. The maximum Gasteiger partial charge on any atom is 0.117 e. The number of nitrogens with one attached hydrogen (secondary N) is 1. The smallest absolute Gasteiger partial charge is 0.117 e. The van der Waals surface area contributed by atoms with Crippen LogP contribution in [-0.4, -0.2) is 19.8 Å². The molecule has 0 amide bonds. The molecule has 0 radical (unpaired) electrons. The van der Waals surface area contributed by atoms with Gasteiger partial charge in [-0.1, -0.05) is 6.92 Å². The minimum Gasteiger partial charge on any atom is -0.465 e. The molecule has 1 rings (SSSR count). The first-order valence-corrected chi connectivity index (χ1v) is 5.04. The van der Waals surface area contributed by atoms with Crippen molar-refractivity contribution in [1.29, 1.82) is 0 Å². The van der Waals surface area contributed by atoms with Crippen LogP contribution in [0.5, 0.6) is 0 Å². The third kappa shape index (κ3) is 3.52. The Kier molecular flexibility index (Phi) is 4.70. The predicted molar refractivity (Wildman–Crippen MR) is 56.2 cm³/mol. The highest BCUT2D eigenvalue weighted by molar-refractivity contribution is 5.05. The monoisotopic (exact) mass is 197 g/mol. The Balaban J connectivity index is 2.31. The summed E-state index contributed by atoms with van der Waals surface area (Å²) < 4.78 is 10.5. The quantitative estimate of drug-likeness (QED) is 0.758. The minimum absolute atomic E-state index is 0.408. The molecule has 0 fully saturated rings. The van der Waals surface area contributed by atoms with E-state index in [-0.39, 0.29) is 0 Å². The number of furan rings is 1. The zero-order valence-electron chi connectivity index (χ0n) is 9.17. The van der Waals surface area contributed by atoms with Gasteiger partial charge >= 0.3 is 0 Å². The summed E-state index contributed by atoms with van der Waals surface area (Å²) in [4.78, 5) is 0. The molecule has 1 N–H and O–H groups in total. The summed E-state index contributed by atoms with van der Waals surface area (Å²) in [5.41, 5.74) is 0. The molecule has 0 aliphatic rings. The third-order valence-electron chi connectivity index (χ3n) is 2.22. The first-order valence-electron chi connectivity index (χ1n) is 5.04. The van der Waals surface area contributed by atoms with Crippen molar-refractivity contribution < 1.29 is 9.15 Å². The molecule has 1 atom stereocenters. The number of methoxy groups -OCH3 is 1. The van der Waals surface area contributed by atoms with Gasteiger partial charge in [0.15, 0.2) is 0 Å². The Bertz CT molecular complexity index is 258. The minimum atomic E-state index is 0.408. The summed E-state index contributed by atoms with van der Waals surface area (Å²) in [6.07, 6.45) is 1.06. The molecule has 0 spiro atoms. The van der Waals surface area contributed by atoms with Gasteiger partial charge < -0.3 is 14.5 Å². The lowest BCUT2D eigenvalue weighted by atomic mass is 10.2. The van der Waals surface area contributed by atoms with Crippen molar-refractivity contribution in [2.75, 3.05) is 13.7 Å². The summed E-state index contributed by atoms with van der Waals surface area (Å²) in [5.74, 6) is 1.94. The Morgan fingerprint density at radius 1 is 1.50 bits per heavy atom. The normalized spacial score (nSPS) is 13.1. The highest BCUT2D eigenvalue weighted by Crippen LogP contribution is 2.06. The van der Waals surface area contributed by atoms with Gasteiger partial charge in [0.1, 0.15) is 11.5 Å². The Hall–Kier alpha value is -0.800. The van der Waals surface area contributed by atoms with E-state index in [1.807, 2.05) is 19.1 Å². The summed E-state index contributed by atoms with van der Waals surface area (Å²) in [5, 5.41) is 3.38. The number of hydrogen-bond donors (Lipinski definition) is 1. The van der Waals surface area contributed by atoms with Gasteiger partial charge in [0, 0.05) is 13.2 Å². The lowest BCUT2D eigenvalue weighted by Gasteiger charge is -2.14. The molecule has 1 unspecified atom stereocenters.